The zero-order valence-corrected chi connectivity index (χ0v) is 13.7. The van der Waals surface area contributed by atoms with E-state index in [4.69, 9.17) is 13.9 Å². The van der Waals surface area contributed by atoms with Crippen LogP contribution in [0.25, 0.3) is 17.0 Å². The first kappa shape index (κ1) is 16.6. The van der Waals surface area contributed by atoms with Crippen molar-refractivity contribution in [2.45, 2.75) is 0 Å². The molecular weight excluding hydrogens is 325 g/mol. The monoisotopic (exact) mass is 341 g/mol. The van der Waals surface area contributed by atoms with Gasteiger partial charge in [0.15, 0.2) is 11.3 Å². The zero-order chi connectivity index (χ0) is 17.8. The zero-order valence-electron chi connectivity index (χ0n) is 13.7. The number of fused-ring (bicyclic) bond motifs is 1. The molecule has 0 bridgehead atoms. The molecule has 2 aromatic carbocycles. The largest absolute Gasteiger partial charge is 0.495 e. The van der Waals surface area contributed by atoms with Gasteiger partial charge in [-0.05, 0) is 42.5 Å². The van der Waals surface area contributed by atoms with Gasteiger partial charge in [0, 0.05) is 17.3 Å². The van der Waals surface area contributed by atoms with Crippen molar-refractivity contribution < 1.29 is 23.1 Å². The van der Waals surface area contributed by atoms with Gasteiger partial charge in [0.2, 0.25) is 5.91 Å². The number of ether oxygens (including phenoxy) is 2. The van der Waals surface area contributed by atoms with Gasteiger partial charge < -0.3 is 19.2 Å². The van der Waals surface area contributed by atoms with Gasteiger partial charge in [0.25, 0.3) is 0 Å². The number of methoxy groups -OCH3 is 2. The number of carbonyl (C=O) groups excluding carboxylic acids is 1. The number of amides is 1. The second-order valence-corrected chi connectivity index (χ2v) is 5.19. The summed E-state index contributed by atoms with van der Waals surface area (Å²) in [6, 6.07) is 9.03. The third-order valence-corrected chi connectivity index (χ3v) is 3.63. The lowest BCUT2D eigenvalue weighted by atomic mass is 10.1. The molecule has 0 atom stereocenters. The minimum Gasteiger partial charge on any atom is -0.495 e. The van der Waals surface area contributed by atoms with Crippen molar-refractivity contribution in [3.05, 3.63) is 60.1 Å². The smallest absolute Gasteiger partial charge is 0.248 e. The maximum absolute atomic E-state index is 12.9. The van der Waals surface area contributed by atoms with Crippen molar-refractivity contribution in [1.82, 2.24) is 0 Å². The van der Waals surface area contributed by atoms with Gasteiger partial charge >= 0.3 is 0 Å². The van der Waals surface area contributed by atoms with Gasteiger partial charge in [-0.15, -0.1) is 0 Å². The summed E-state index contributed by atoms with van der Waals surface area (Å²) >= 11 is 0. The summed E-state index contributed by atoms with van der Waals surface area (Å²) in [7, 11) is 3.09. The first-order valence-corrected chi connectivity index (χ1v) is 7.49. The molecule has 0 fully saturated rings. The fraction of sp³-hybridized carbons (Fsp3) is 0.105. The molecule has 5 nitrogen and oxygen atoms in total. The highest BCUT2D eigenvalue weighted by Crippen LogP contribution is 2.38. The number of nitrogens with one attached hydrogen (secondary N) is 1. The van der Waals surface area contributed by atoms with E-state index >= 15 is 0 Å². The number of carbonyl (C=O) groups is 1. The Bertz CT molecular complexity index is 928. The van der Waals surface area contributed by atoms with Gasteiger partial charge in [-0.3, -0.25) is 4.79 Å². The fourth-order valence-electron chi connectivity index (χ4n) is 2.49. The summed E-state index contributed by atoms with van der Waals surface area (Å²) in [5.74, 6) is 0.411. The molecule has 3 aromatic rings. The molecule has 6 heteroatoms. The molecule has 1 amide bonds. The quantitative estimate of drug-likeness (QED) is 0.705. The molecule has 0 radical (unpaired) electrons. The van der Waals surface area contributed by atoms with Crippen LogP contribution in [0, 0.1) is 5.82 Å². The lowest BCUT2D eigenvalue weighted by Gasteiger charge is -2.09. The summed E-state index contributed by atoms with van der Waals surface area (Å²) in [4.78, 5) is 12.1. The average Bonchev–Trinajstić information content (AvgIpc) is 3.10. The molecule has 0 aliphatic heterocycles. The van der Waals surface area contributed by atoms with Crippen LogP contribution >= 0.6 is 0 Å². The van der Waals surface area contributed by atoms with E-state index in [2.05, 4.69) is 5.32 Å². The van der Waals surface area contributed by atoms with Gasteiger partial charge in [-0.2, -0.15) is 0 Å². The first-order chi connectivity index (χ1) is 12.1. The van der Waals surface area contributed by atoms with Gasteiger partial charge in [-0.25, -0.2) is 4.39 Å². The van der Waals surface area contributed by atoms with Crippen molar-refractivity contribution >= 4 is 28.6 Å². The highest BCUT2D eigenvalue weighted by Gasteiger charge is 2.14. The van der Waals surface area contributed by atoms with Crippen LogP contribution in [0.5, 0.6) is 11.5 Å². The van der Waals surface area contributed by atoms with Crippen LogP contribution < -0.4 is 14.8 Å². The Balaban J connectivity index is 1.87. The number of hydrogen-bond donors (Lipinski definition) is 1. The number of furan rings is 1. The van der Waals surface area contributed by atoms with E-state index in [1.54, 1.807) is 38.7 Å². The topological polar surface area (TPSA) is 60.7 Å². The van der Waals surface area contributed by atoms with E-state index in [0.717, 1.165) is 5.39 Å². The Labute approximate surface area is 143 Å². The van der Waals surface area contributed by atoms with Gasteiger partial charge in [0.05, 0.1) is 25.9 Å². The summed E-state index contributed by atoms with van der Waals surface area (Å²) in [6.45, 7) is 0. The number of anilines is 1. The molecule has 0 aliphatic rings. The first-order valence-electron chi connectivity index (χ1n) is 7.49. The summed E-state index contributed by atoms with van der Waals surface area (Å²) in [6.07, 6.45) is 4.53. The second kappa shape index (κ2) is 7.09. The Morgan fingerprint density at radius 1 is 1.16 bits per heavy atom. The highest BCUT2D eigenvalue weighted by atomic mass is 19.1. The lowest BCUT2D eigenvalue weighted by molar-refractivity contribution is -0.111. The molecule has 25 heavy (non-hydrogen) atoms. The van der Waals surface area contributed by atoms with E-state index in [1.165, 1.54) is 30.3 Å². The molecule has 1 aromatic heterocycles. The maximum Gasteiger partial charge on any atom is 0.248 e. The third-order valence-electron chi connectivity index (χ3n) is 3.63. The molecule has 0 spiro atoms. The second-order valence-electron chi connectivity index (χ2n) is 5.19. The molecule has 0 saturated carbocycles. The lowest BCUT2D eigenvalue weighted by Crippen LogP contribution is -2.07. The third kappa shape index (κ3) is 3.47. The minimum atomic E-state index is -0.362. The number of hydrogen-bond acceptors (Lipinski definition) is 4. The van der Waals surface area contributed by atoms with E-state index in [0.29, 0.717) is 28.3 Å². The van der Waals surface area contributed by atoms with Crippen molar-refractivity contribution in [1.29, 1.82) is 0 Å². The molecule has 0 unspecified atom stereocenters. The molecule has 0 saturated heterocycles. The predicted molar refractivity (Wildman–Crippen MR) is 93.4 cm³/mol. The molecule has 1 N–H and O–H groups in total. The molecule has 0 aliphatic carbocycles. The minimum absolute atomic E-state index is 0.347. The molecule has 128 valence electrons. The van der Waals surface area contributed by atoms with Crippen LogP contribution in [-0.2, 0) is 4.79 Å². The molecule has 1 heterocycles. The van der Waals surface area contributed by atoms with Crippen molar-refractivity contribution in [3.63, 3.8) is 0 Å². The Morgan fingerprint density at radius 2 is 1.92 bits per heavy atom. The fourth-order valence-corrected chi connectivity index (χ4v) is 2.49. The summed E-state index contributed by atoms with van der Waals surface area (Å²) in [5, 5.41) is 3.41. The summed E-state index contributed by atoms with van der Waals surface area (Å²) in [5.41, 5.74) is 1.75. The molecule has 3 rings (SSSR count). The van der Waals surface area contributed by atoms with E-state index < -0.39 is 0 Å². The SMILES string of the molecule is COc1c(/C=C/C(=O)Nc2ccc(F)cc2)cc(OC)c2occc12. The van der Waals surface area contributed by atoms with Crippen molar-refractivity contribution in [3.8, 4) is 11.5 Å². The van der Waals surface area contributed by atoms with E-state index in [9.17, 15) is 9.18 Å². The predicted octanol–water partition coefficient (Wildman–Crippen LogP) is 4.24. The standard InChI is InChI=1S/C19H16FNO4/c1-23-16-11-12(18(24-2)15-9-10-25-19(15)16)3-8-17(22)21-14-6-4-13(20)5-7-14/h3-11H,1-2H3,(H,21,22)/b8-3+. The van der Waals surface area contributed by atoms with Crippen LogP contribution in [0.15, 0.2) is 53.2 Å². The molecular formula is C19H16FNO4. The number of benzene rings is 2. The maximum atomic E-state index is 12.9. The average molecular weight is 341 g/mol. The van der Waals surface area contributed by atoms with Crippen LogP contribution in [-0.4, -0.2) is 20.1 Å². The van der Waals surface area contributed by atoms with Gasteiger partial charge in [0.1, 0.15) is 11.6 Å². The van der Waals surface area contributed by atoms with E-state index in [1.807, 2.05) is 0 Å². The number of halogens is 1. The van der Waals surface area contributed by atoms with Crippen LogP contribution in [0.2, 0.25) is 0 Å². The highest BCUT2D eigenvalue weighted by molar-refractivity contribution is 6.03. The normalized spacial score (nSPS) is 11.0. The van der Waals surface area contributed by atoms with Gasteiger partial charge in [-0.1, -0.05) is 0 Å². The Kier molecular flexibility index (Phi) is 4.70. The number of rotatable bonds is 5. The van der Waals surface area contributed by atoms with E-state index in [-0.39, 0.29) is 11.7 Å². The van der Waals surface area contributed by atoms with Crippen molar-refractivity contribution in [2.75, 3.05) is 19.5 Å². The van der Waals surface area contributed by atoms with Crippen LogP contribution in [0.3, 0.4) is 0 Å². The summed E-state index contributed by atoms with van der Waals surface area (Å²) < 4.78 is 29.1. The Morgan fingerprint density at radius 3 is 2.60 bits per heavy atom. The van der Waals surface area contributed by atoms with Crippen molar-refractivity contribution in [2.24, 2.45) is 0 Å². The Hall–Kier alpha value is -3.28. The van der Waals surface area contributed by atoms with Crippen LogP contribution in [0.4, 0.5) is 10.1 Å². The van der Waals surface area contributed by atoms with Crippen LogP contribution in [0.1, 0.15) is 5.56 Å².